The van der Waals surface area contributed by atoms with Crippen LogP contribution in [0.5, 0.6) is 0 Å². The van der Waals surface area contributed by atoms with Gasteiger partial charge in [-0.05, 0) is 30.7 Å². The van der Waals surface area contributed by atoms with Gasteiger partial charge in [-0.1, -0.05) is 44.0 Å². The van der Waals surface area contributed by atoms with E-state index in [2.05, 4.69) is 83.1 Å². The summed E-state index contributed by atoms with van der Waals surface area (Å²) in [5, 5.41) is 3.40. The number of rotatable bonds is 5. The number of nitrogens with one attached hydrogen (secondary N) is 1. The van der Waals surface area contributed by atoms with Crippen molar-refractivity contribution in [3.8, 4) is 0 Å². The summed E-state index contributed by atoms with van der Waals surface area (Å²) in [6, 6.07) is 10.7. The molecule has 0 aromatic heterocycles. The number of benzene rings is 1. The van der Waals surface area contributed by atoms with E-state index < -0.39 is 0 Å². The van der Waals surface area contributed by atoms with Crippen molar-refractivity contribution >= 4 is 11.5 Å². The predicted octanol–water partition coefficient (Wildman–Crippen LogP) is 3.27. The summed E-state index contributed by atoms with van der Waals surface area (Å²) in [6.45, 7) is 21.5. The lowest BCUT2D eigenvalue weighted by Gasteiger charge is -2.37. The van der Waals surface area contributed by atoms with E-state index in [0.29, 0.717) is 5.70 Å². The first-order valence-electron chi connectivity index (χ1n) is 10.3. The molecular formula is C24H33N5. The van der Waals surface area contributed by atoms with Crippen molar-refractivity contribution in [2.45, 2.75) is 6.92 Å². The molecule has 1 N–H and O–H groups in total. The van der Waals surface area contributed by atoms with Crippen LogP contribution in [0, 0.1) is 0 Å². The Kier molecular flexibility index (Phi) is 7.30. The van der Waals surface area contributed by atoms with E-state index in [0.717, 1.165) is 63.9 Å². The maximum atomic E-state index is 4.82. The molecule has 2 fully saturated rings. The number of piperazine rings is 1. The van der Waals surface area contributed by atoms with Crippen LogP contribution >= 0.6 is 0 Å². The van der Waals surface area contributed by atoms with Gasteiger partial charge < -0.3 is 15.1 Å². The molecule has 0 radical (unpaired) electrons. The zero-order valence-corrected chi connectivity index (χ0v) is 17.6. The second kappa shape index (κ2) is 10.1. The van der Waals surface area contributed by atoms with Crippen molar-refractivity contribution in [2.75, 3.05) is 57.3 Å². The van der Waals surface area contributed by atoms with Gasteiger partial charge in [0, 0.05) is 57.2 Å². The smallest absolute Gasteiger partial charge is 0.119 e. The van der Waals surface area contributed by atoms with E-state index >= 15 is 0 Å². The average molecular weight is 392 g/mol. The molecular weight excluding hydrogens is 358 g/mol. The van der Waals surface area contributed by atoms with Crippen LogP contribution in [0.3, 0.4) is 0 Å². The summed E-state index contributed by atoms with van der Waals surface area (Å²) in [4.78, 5) is 12.1. The zero-order valence-electron chi connectivity index (χ0n) is 17.6. The minimum Gasteiger partial charge on any atom is -0.383 e. The molecule has 1 aromatic carbocycles. The topological polar surface area (TPSA) is 34.1 Å². The van der Waals surface area contributed by atoms with Crippen molar-refractivity contribution in [3.63, 3.8) is 0 Å². The molecule has 3 rings (SSSR count). The molecule has 5 heteroatoms. The standard InChI is InChI=1S/C24H33N5/c1-5-20(3)26-24(29-13-12-25-21(4)22(6-2)18-29)19-27-14-16-28(17-15-27)23-10-8-7-9-11-23/h5-11,25H,1,3-4,12-19H2,2H3/b22-6+,26-24?. The van der Waals surface area contributed by atoms with Gasteiger partial charge in [-0.25, -0.2) is 4.99 Å². The van der Waals surface area contributed by atoms with E-state index in [-0.39, 0.29) is 0 Å². The molecule has 2 aliphatic rings. The Hall–Kier alpha value is -2.79. The molecule has 29 heavy (non-hydrogen) atoms. The molecule has 2 heterocycles. The van der Waals surface area contributed by atoms with Crippen LogP contribution in [0.1, 0.15) is 6.92 Å². The Morgan fingerprint density at radius 2 is 1.86 bits per heavy atom. The van der Waals surface area contributed by atoms with Gasteiger partial charge in [0.15, 0.2) is 0 Å². The lowest BCUT2D eigenvalue weighted by molar-refractivity contribution is 0.280. The minimum atomic E-state index is 0.709. The van der Waals surface area contributed by atoms with Crippen molar-refractivity contribution in [3.05, 3.63) is 79.2 Å². The molecule has 154 valence electrons. The van der Waals surface area contributed by atoms with E-state index in [1.165, 1.54) is 11.3 Å². The summed E-state index contributed by atoms with van der Waals surface area (Å²) in [5.41, 5.74) is 4.23. The molecule has 1 aromatic rings. The van der Waals surface area contributed by atoms with Crippen LogP contribution in [0.2, 0.25) is 0 Å². The van der Waals surface area contributed by atoms with Crippen LogP contribution in [-0.2, 0) is 0 Å². The van der Waals surface area contributed by atoms with Crippen LogP contribution in [0.25, 0.3) is 0 Å². The number of amidine groups is 1. The first kappa shape index (κ1) is 20.9. The maximum absolute atomic E-state index is 4.82. The number of aliphatic imine (C=N–C) groups is 1. The number of hydrogen-bond acceptors (Lipinski definition) is 4. The average Bonchev–Trinajstić information content (AvgIpc) is 2.95. The molecule has 0 unspecified atom stereocenters. The third-order valence-electron chi connectivity index (χ3n) is 5.55. The van der Waals surface area contributed by atoms with E-state index in [4.69, 9.17) is 4.99 Å². The summed E-state index contributed by atoms with van der Waals surface area (Å²) in [7, 11) is 0. The SMILES string of the molecule is C=CC(=C)N=C(CN1CCN(c2ccccc2)CC1)N1CCNC(=C)/C(=C/C)C1. The summed E-state index contributed by atoms with van der Waals surface area (Å²) in [5.74, 6) is 1.05. The van der Waals surface area contributed by atoms with Crippen molar-refractivity contribution < 1.29 is 0 Å². The minimum absolute atomic E-state index is 0.709. The summed E-state index contributed by atoms with van der Waals surface area (Å²) >= 11 is 0. The highest BCUT2D eigenvalue weighted by Gasteiger charge is 2.23. The fourth-order valence-electron chi connectivity index (χ4n) is 3.74. The van der Waals surface area contributed by atoms with Crippen molar-refractivity contribution in [1.82, 2.24) is 15.1 Å². The molecule has 0 amide bonds. The summed E-state index contributed by atoms with van der Waals surface area (Å²) in [6.07, 6.45) is 3.85. The van der Waals surface area contributed by atoms with Gasteiger partial charge in [-0.2, -0.15) is 0 Å². The summed E-state index contributed by atoms with van der Waals surface area (Å²) < 4.78 is 0. The number of nitrogens with zero attached hydrogens (tertiary/aromatic N) is 4. The second-order valence-electron chi connectivity index (χ2n) is 7.46. The number of allylic oxidation sites excluding steroid dienone is 2. The van der Waals surface area contributed by atoms with Crippen LogP contribution < -0.4 is 10.2 Å². The van der Waals surface area contributed by atoms with Gasteiger partial charge in [0.1, 0.15) is 5.84 Å². The van der Waals surface area contributed by atoms with E-state index in [1.54, 1.807) is 6.08 Å². The third-order valence-corrected chi connectivity index (χ3v) is 5.55. The molecule has 5 nitrogen and oxygen atoms in total. The highest BCUT2D eigenvalue weighted by atomic mass is 15.3. The van der Waals surface area contributed by atoms with Gasteiger partial charge in [0.25, 0.3) is 0 Å². The molecule has 0 saturated carbocycles. The van der Waals surface area contributed by atoms with Crippen molar-refractivity contribution in [1.29, 1.82) is 0 Å². The first-order valence-corrected chi connectivity index (χ1v) is 10.3. The highest BCUT2D eigenvalue weighted by molar-refractivity contribution is 5.86. The fourth-order valence-corrected chi connectivity index (χ4v) is 3.74. The van der Waals surface area contributed by atoms with E-state index in [1.807, 2.05) is 0 Å². The molecule has 2 aliphatic heterocycles. The second-order valence-corrected chi connectivity index (χ2v) is 7.46. The van der Waals surface area contributed by atoms with Crippen molar-refractivity contribution in [2.24, 2.45) is 4.99 Å². The van der Waals surface area contributed by atoms with Crippen LogP contribution in [-0.4, -0.2) is 68.0 Å². The molecule has 0 bridgehead atoms. The van der Waals surface area contributed by atoms with Gasteiger partial charge >= 0.3 is 0 Å². The Morgan fingerprint density at radius 1 is 1.14 bits per heavy atom. The largest absolute Gasteiger partial charge is 0.383 e. The lowest BCUT2D eigenvalue weighted by atomic mass is 10.2. The molecule has 0 aliphatic carbocycles. The monoisotopic (exact) mass is 391 g/mol. The number of anilines is 1. The maximum Gasteiger partial charge on any atom is 0.119 e. The Balaban J connectivity index is 1.68. The number of para-hydroxylation sites is 1. The fraction of sp³-hybridized carbons (Fsp3) is 0.375. The van der Waals surface area contributed by atoms with Gasteiger partial charge in [-0.3, -0.25) is 4.90 Å². The van der Waals surface area contributed by atoms with Gasteiger partial charge in [0.2, 0.25) is 0 Å². The predicted molar refractivity (Wildman–Crippen MR) is 124 cm³/mol. The molecule has 0 spiro atoms. The Morgan fingerprint density at radius 3 is 2.52 bits per heavy atom. The third kappa shape index (κ3) is 5.61. The number of hydrogen-bond donors (Lipinski definition) is 1. The lowest BCUT2D eigenvalue weighted by Crippen LogP contribution is -2.50. The van der Waals surface area contributed by atoms with Gasteiger partial charge in [0.05, 0.1) is 12.2 Å². The van der Waals surface area contributed by atoms with Crippen LogP contribution in [0.4, 0.5) is 5.69 Å². The first-order chi connectivity index (χ1) is 14.1. The highest BCUT2D eigenvalue weighted by Crippen LogP contribution is 2.17. The quantitative estimate of drug-likeness (QED) is 0.475. The Bertz CT molecular complexity index is 785. The normalized spacial score (nSPS) is 20.4. The molecule has 0 atom stereocenters. The molecule has 2 saturated heterocycles. The zero-order chi connectivity index (χ0) is 20.6. The van der Waals surface area contributed by atoms with Crippen LogP contribution in [0.15, 0.2) is 84.2 Å². The van der Waals surface area contributed by atoms with Gasteiger partial charge in [-0.15, -0.1) is 0 Å². The Labute approximate surface area is 175 Å². The van der Waals surface area contributed by atoms with E-state index in [9.17, 15) is 0 Å².